The Morgan fingerprint density at radius 2 is 1.74 bits per heavy atom. The number of pyridine rings is 1. The Morgan fingerprint density at radius 1 is 1.00 bits per heavy atom. The number of methoxy groups -OCH3 is 1. The first-order valence-electron chi connectivity index (χ1n) is 10.4. The lowest BCUT2D eigenvalue weighted by atomic mass is 10.0. The van der Waals surface area contributed by atoms with Gasteiger partial charge in [-0.2, -0.15) is 5.10 Å². The molecule has 0 atom stereocenters. The Hall–Kier alpha value is -3.28. The van der Waals surface area contributed by atoms with E-state index >= 15 is 0 Å². The number of aromatic nitrogens is 3. The minimum absolute atomic E-state index is 0.000102. The molecular formula is C25H23F2N3O. The van der Waals surface area contributed by atoms with E-state index in [0.29, 0.717) is 16.7 Å². The van der Waals surface area contributed by atoms with E-state index in [1.807, 2.05) is 56.3 Å². The summed E-state index contributed by atoms with van der Waals surface area (Å²) >= 11 is 0. The van der Waals surface area contributed by atoms with Crippen LogP contribution in [0.2, 0.25) is 0 Å². The number of fused-ring (bicyclic) bond motifs is 1. The van der Waals surface area contributed by atoms with E-state index in [2.05, 4.69) is 0 Å². The lowest BCUT2D eigenvalue weighted by Crippen LogP contribution is -2.00. The van der Waals surface area contributed by atoms with Crippen LogP contribution in [-0.4, -0.2) is 21.9 Å². The number of aryl methyl sites for hydroxylation is 2. The van der Waals surface area contributed by atoms with Crippen molar-refractivity contribution in [1.82, 2.24) is 14.8 Å². The van der Waals surface area contributed by atoms with Gasteiger partial charge in [-0.15, -0.1) is 0 Å². The highest BCUT2D eigenvalue weighted by molar-refractivity contribution is 5.87. The van der Waals surface area contributed by atoms with Crippen molar-refractivity contribution in [3.8, 4) is 22.7 Å². The van der Waals surface area contributed by atoms with E-state index in [0.717, 1.165) is 46.7 Å². The second kappa shape index (κ2) is 7.45. The summed E-state index contributed by atoms with van der Waals surface area (Å²) in [4.78, 5) is 4.84. The number of hydrogen-bond acceptors (Lipinski definition) is 3. The lowest BCUT2D eigenvalue weighted by molar-refractivity contribution is 0.153. The van der Waals surface area contributed by atoms with Crippen molar-refractivity contribution in [3.05, 3.63) is 70.9 Å². The van der Waals surface area contributed by atoms with Crippen molar-refractivity contribution >= 4 is 11.0 Å². The largest absolute Gasteiger partial charge is 0.497 e. The van der Waals surface area contributed by atoms with Crippen molar-refractivity contribution in [2.75, 3.05) is 7.11 Å². The summed E-state index contributed by atoms with van der Waals surface area (Å²) in [5.74, 6) is 0.938. The molecule has 31 heavy (non-hydrogen) atoms. The van der Waals surface area contributed by atoms with Gasteiger partial charge in [0.2, 0.25) is 0 Å². The minimum atomic E-state index is -2.61. The summed E-state index contributed by atoms with van der Waals surface area (Å²) in [5, 5.41) is 5.25. The van der Waals surface area contributed by atoms with Gasteiger partial charge in [-0.05, 0) is 74.2 Å². The van der Waals surface area contributed by atoms with Crippen LogP contribution in [0.25, 0.3) is 28.0 Å². The second-order valence-corrected chi connectivity index (χ2v) is 8.16. The van der Waals surface area contributed by atoms with Crippen LogP contribution in [0.3, 0.4) is 0 Å². The van der Waals surface area contributed by atoms with Crippen LogP contribution < -0.4 is 4.74 Å². The third-order valence-corrected chi connectivity index (χ3v) is 6.01. The summed E-state index contributed by atoms with van der Waals surface area (Å²) < 4.78 is 35.4. The number of halogens is 2. The Labute approximate surface area is 179 Å². The van der Waals surface area contributed by atoms with E-state index in [1.165, 1.54) is 6.07 Å². The zero-order valence-corrected chi connectivity index (χ0v) is 17.7. The van der Waals surface area contributed by atoms with Crippen LogP contribution in [0.1, 0.15) is 47.6 Å². The van der Waals surface area contributed by atoms with Gasteiger partial charge in [-0.25, -0.2) is 18.4 Å². The van der Waals surface area contributed by atoms with Gasteiger partial charge in [0.25, 0.3) is 6.43 Å². The van der Waals surface area contributed by atoms with Crippen molar-refractivity contribution in [2.45, 2.75) is 39.0 Å². The van der Waals surface area contributed by atoms with Crippen LogP contribution in [-0.2, 0) is 0 Å². The number of benzene rings is 2. The maximum Gasteiger partial charge on any atom is 0.264 e. The molecule has 1 saturated carbocycles. The zero-order chi connectivity index (χ0) is 21.7. The van der Waals surface area contributed by atoms with Gasteiger partial charge >= 0.3 is 0 Å². The summed E-state index contributed by atoms with van der Waals surface area (Å²) in [7, 11) is 1.61. The van der Waals surface area contributed by atoms with Gasteiger partial charge in [0.05, 0.1) is 29.6 Å². The molecular weight excluding hydrogens is 396 g/mol. The van der Waals surface area contributed by atoms with Crippen molar-refractivity contribution in [3.63, 3.8) is 0 Å². The first-order valence-corrected chi connectivity index (χ1v) is 10.4. The third kappa shape index (κ3) is 3.46. The molecule has 0 amide bonds. The van der Waals surface area contributed by atoms with E-state index in [1.54, 1.807) is 11.8 Å². The topological polar surface area (TPSA) is 39.9 Å². The molecule has 1 aliphatic carbocycles. The molecule has 2 heterocycles. The zero-order valence-electron chi connectivity index (χ0n) is 17.7. The van der Waals surface area contributed by atoms with Gasteiger partial charge in [0, 0.05) is 17.0 Å². The van der Waals surface area contributed by atoms with Gasteiger partial charge in [0.1, 0.15) is 5.75 Å². The highest BCUT2D eigenvalue weighted by Crippen LogP contribution is 2.45. The molecule has 0 spiro atoms. The number of rotatable bonds is 5. The number of ether oxygens (including phenoxy) is 1. The van der Waals surface area contributed by atoms with E-state index < -0.39 is 6.43 Å². The fourth-order valence-electron chi connectivity index (χ4n) is 3.94. The van der Waals surface area contributed by atoms with Gasteiger partial charge < -0.3 is 4.74 Å². The average molecular weight is 419 g/mol. The smallest absolute Gasteiger partial charge is 0.264 e. The molecule has 1 aliphatic rings. The van der Waals surface area contributed by atoms with Crippen LogP contribution in [0.15, 0.2) is 48.5 Å². The molecule has 5 rings (SSSR count). The Bertz CT molecular complexity index is 1270. The first kappa shape index (κ1) is 19.7. The molecule has 2 aromatic heterocycles. The second-order valence-electron chi connectivity index (χ2n) is 8.16. The van der Waals surface area contributed by atoms with Crippen LogP contribution in [0, 0.1) is 13.8 Å². The molecule has 0 aliphatic heterocycles. The van der Waals surface area contributed by atoms with Gasteiger partial charge in [0.15, 0.2) is 5.65 Å². The molecule has 0 saturated heterocycles. The molecule has 0 unspecified atom stereocenters. The quantitative estimate of drug-likeness (QED) is 0.369. The number of nitrogens with zero attached hydrogens (tertiary/aromatic N) is 3. The maximum absolute atomic E-state index is 14.2. The molecule has 0 N–H and O–H groups in total. The van der Waals surface area contributed by atoms with E-state index in [9.17, 15) is 8.78 Å². The fraction of sp³-hybridized carbons (Fsp3) is 0.280. The van der Waals surface area contributed by atoms with Crippen LogP contribution >= 0.6 is 0 Å². The highest BCUT2D eigenvalue weighted by atomic mass is 19.3. The molecule has 4 aromatic rings. The summed E-state index contributed by atoms with van der Waals surface area (Å²) in [6.45, 7) is 4.04. The molecule has 158 valence electrons. The summed E-state index contributed by atoms with van der Waals surface area (Å²) in [5.41, 5.74) is 5.56. The predicted molar refractivity (Wildman–Crippen MR) is 117 cm³/mol. The lowest BCUT2D eigenvalue weighted by Gasteiger charge is -2.10. The molecule has 1 fully saturated rings. The predicted octanol–water partition coefficient (Wildman–Crippen LogP) is 6.53. The molecule has 2 aromatic carbocycles. The normalized spacial score (nSPS) is 13.9. The molecule has 0 radical (unpaired) electrons. The van der Waals surface area contributed by atoms with Gasteiger partial charge in [-0.1, -0.05) is 12.1 Å². The monoisotopic (exact) mass is 419 g/mol. The SMILES string of the molecule is COc1ccc(-n2nc(C3CC3)c3c(C(F)F)cc(-c4ccc(C)c(C)c4)nc32)cc1. The summed E-state index contributed by atoms with van der Waals surface area (Å²) in [6.07, 6.45) is -0.672. The van der Waals surface area contributed by atoms with Gasteiger partial charge in [-0.3, -0.25) is 0 Å². The summed E-state index contributed by atoms with van der Waals surface area (Å²) in [6, 6.07) is 14.9. The average Bonchev–Trinajstić information content (AvgIpc) is 3.55. The van der Waals surface area contributed by atoms with E-state index in [-0.39, 0.29) is 11.5 Å². The Kier molecular flexibility index (Phi) is 4.73. The third-order valence-electron chi connectivity index (χ3n) is 6.01. The van der Waals surface area contributed by atoms with Crippen LogP contribution in [0.4, 0.5) is 8.78 Å². The first-order chi connectivity index (χ1) is 15.0. The maximum atomic E-state index is 14.2. The van der Waals surface area contributed by atoms with E-state index in [4.69, 9.17) is 14.8 Å². The Balaban J connectivity index is 1.78. The number of alkyl halides is 2. The standard InChI is InChI=1S/C25H23F2N3O/c1-14-4-5-17(12-15(14)2)21-13-20(24(26)27)22-23(16-6-7-16)29-30(25(22)28-21)18-8-10-19(31-3)11-9-18/h4-5,8-13,16,24H,6-7H2,1-3H3. The molecule has 6 heteroatoms. The van der Waals surface area contributed by atoms with Crippen molar-refractivity contribution < 1.29 is 13.5 Å². The fourth-order valence-corrected chi connectivity index (χ4v) is 3.94. The van der Waals surface area contributed by atoms with Crippen molar-refractivity contribution in [1.29, 1.82) is 0 Å². The van der Waals surface area contributed by atoms with Crippen LogP contribution in [0.5, 0.6) is 5.75 Å². The number of hydrogen-bond donors (Lipinski definition) is 0. The molecule has 0 bridgehead atoms. The molecule has 4 nitrogen and oxygen atoms in total. The highest BCUT2D eigenvalue weighted by Gasteiger charge is 2.33. The minimum Gasteiger partial charge on any atom is -0.497 e. The van der Waals surface area contributed by atoms with Crippen molar-refractivity contribution in [2.24, 2.45) is 0 Å². The Morgan fingerprint density at radius 3 is 2.35 bits per heavy atom.